The van der Waals surface area contributed by atoms with Gasteiger partial charge in [0.15, 0.2) is 0 Å². The molecule has 72 valence electrons. The predicted octanol–water partition coefficient (Wildman–Crippen LogP) is 0.803. The molecule has 0 aliphatic rings. The summed E-state index contributed by atoms with van der Waals surface area (Å²) in [6, 6.07) is 3.45. The van der Waals surface area contributed by atoms with E-state index in [2.05, 4.69) is 9.97 Å². The monoisotopic (exact) mass is 190 g/mol. The molecule has 5 nitrogen and oxygen atoms in total. The quantitative estimate of drug-likeness (QED) is 0.649. The van der Waals surface area contributed by atoms with Crippen LogP contribution in [0.5, 0.6) is 5.75 Å². The van der Waals surface area contributed by atoms with Gasteiger partial charge in [-0.15, -0.1) is 0 Å². The summed E-state index contributed by atoms with van der Waals surface area (Å²) >= 11 is 0. The summed E-state index contributed by atoms with van der Waals surface area (Å²) in [5.41, 5.74) is 12.7. The molecule has 0 radical (unpaired) electrons. The maximum atomic E-state index is 5.72. The Morgan fingerprint density at radius 2 is 2.00 bits per heavy atom. The SMILES string of the molecule is COc1cc2c(N)ncnc2cc1N. The second kappa shape index (κ2) is 3.02. The number of nitrogen functional groups attached to an aromatic ring is 2. The Hall–Kier alpha value is -2.04. The molecule has 1 heterocycles. The zero-order valence-corrected chi connectivity index (χ0v) is 7.69. The highest BCUT2D eigenvalue weighted by molar-refractivity contribution is 5.91. The largest absolute Gasteiger partial charge is 0.495 e. The third kappa shape index (κ3) is 1.19. The van der Waals surface area contributed by atoms with E-state index < -0.39 is 0 Å². The number of ether oxygens (including phenoxy) is 1. The highest BCUT2D eigenvalue weighted by Gasteiger charge is 2.05. The first kappa shape index (κ1) is 8.55. The highest BCUT2D eigenvalue weighted by Crippen LogP contribution is 2.28. The van der Waals surface area contributed by atoms with Gasteiger partial charge in [0.25, 0.3) is 0 Å². The Morgan fingerprint density at radius 1 is 1.21 bits per heavy atom. The van der Waals surface area contributed by atoms with E-state index in [-0.39, 0.29) is 0 Å². The van der Waals surface area contributed by atoms with Crippen molar-refractivity contribution in [2.45, 2.75) is 0 Å². The molecule has 1 aromatic carbocycles. The summed E-state index contributed by atoms with van der Waals surface area (Å²) in [6.45, 7) is 0. The van der Waals surface area contributed by atoms with Crippen molar-refractivity contribution in [3.63, 3.8) is 0 Å². The number of methoxy groups -OCH3 is 1. The van der Waals surface area contributed by atoms with E-state index in [0.29, 0.717) is 17.3 Å². The Bertz CT molecular complexity index is 483. The topological polar surface area (TPSA) is 87.0 Å². The molecule has 0 aliphatic carbocycles. The van der Waals surface area contributed by atoms with Crippen LogP contribution >= 0.6 is 0 Å². The summed E-state index contributed by atoms with van der Waals surface area (Å²) in [4.78, 5) is 7.93. The van der Waals surface area contributed by atoms with Crippen molar-refractivity contribution in [3.05, 3.63) is 18.5 Å². The zero-order chi connectivity index (χ0) is 10.1. The average molecular weight is 190 g/mol. The van der Waals surface area contributed by atoms with Gasteiger partial charge in [-0.2, -0.15) is 0 Å². The first-order valence-electron chi connectivity index (χ1n) is 4.06. The predicted molar refractivity (Wildman–Crippen MR) is 54.9 cm³/mol. The first-order chi connectivity index (χ1) is 6.72. The fourth-order valence-corrected chi connectivity index (χ4v) is 1.30. The molecule has 2 rings (SSSR count). The highest BCUT2D eigenvalue weighted by atomic mass is 16.5. The molecule has 0 unspecified atom stereocenters. The molecular formula is C9H10N4O. The lowest BCUT2D eigenvalue weighted by atomic mass is 10.2. The molecule has 0 saturated heterocycles. The molecule has 0 fully saturated rings. The lowest BCUT2D eigenvalue weighted by Crippen LogP contribution is -1.97. The third-order valence-electron chi connectivity index (χ3n) is 2.02. The normalized spacial score (nSPS) is 10.4. The summed E-state index contributed by atoms with van der Waals surface area (Å²) < 4.78 is 5.07. The molecule has 0 bridgehead atoms. The fourth-order valence-electron chi connectivity index (χ4n) is 1.30. The molecule has 0 amide bonds. The number of anilines is 2. The van der Waals surface area contributed by atoms with Crippen LogP contribution in [0.1, 0.15) is 0 Å². The third-order valence-corrected chi connectivity index (χ3v) is 2.02. The van der Waals surface area contributed by atoms with Gasteiger partial charge in [0.1, 0.15) is 17.9 Å². The number of benzene rings is 1. The van der Waals surface area contributed by atoms with Crippen LogP contribution in [0.25, 0.3) is 10.9 Å². The van der Waals surface area contributed by atoms with E-state index in [1.807, 2.05) is 0 Å². The van der Waals surface area contributed by atoms with Gasteiger partial charge in [-0.3, -0.25) is 0 Å². The van der Waals surface area contributed by atoms with Gasteiger partial charge < -0.3 is 16.2 Å². The van der Waals surface area contributed by atoms with Crippen LogP contribution in [0.3, 0.4) is 0 Å². The molecule has 0 atom stereocenters. The smallest absolute Gasteiger partial charge is 0.142 e. The summed E-state index contributed by atoms with van der Waals surface area (Å²) in [5.74, 6) is 1.01. The van der Waals surface area contributed by atoms with Crippen molar-refractivity contribution in [1.82, 2.24) is 9.97 Å². The van der Waals surface area contributed by atoms with E-state index in [1.54, 1.807) is 19.2 Å². The summed E-state index contributed by atoms with van der Waals surface area (Å²) in [7, 11) is 1.55. The minimum atomic E-state index is 0.424. The molecule has 0 aliphatic heterocycles. The van der Waals surface area contributed by atoms with Crippen LogP contribution in [0.2, 0.25) is 0 Å². The minimum absolute atomic E-state index is 0.424. The molecule has 5 heteroatoms. The van der Waals surface area contributed by atoms with Crippen LogP contribution in [0.15, 0.2) is 18.5 Å². The minimum Gasteiger partial charge on any atom is -0.495 e. The molecular weight excluding hydrogens is 180 g/mol. The average Bonchev–Trinajstić information content (AvgIpc) is 2.17. The lowest BCUT2D eigenvalue weighted by Gasteiger charge is -2.06. The molecule has 0 saturated carbocycles. The number of hydrogen-bond acceptors (Lipinski definition) is 5. The van der Waals surface area contributed by atoms with Crippen LogP contribution < -0.4 is 16.2 Å². The number of rotatable bonds is 1. The number of aromatic nitrogens is 2. The molecule has 1 aromatic heterocycles. The molecule has 2 aromatic rings. The summed E-state index contributed by atoms with van der Waals surface area (Å²) in [5, 5.41) is 0.749. The Kier molecular flexibility index (Phi) is 1.85. The number of nitrogens with two attached hydrogens (primary N) is 2. The number of hydrogen-bond donors (Lipinski definition) is 2. The Labute approximate surface area is 80.7 Å². The van der Waals surface area contributed by atoms with Crippen molar-refractivity contribution in [2.75, 3.05) is 18.6 Å². The summed E-state index contributed by atoms with van der Waals surface area (Å²) in [6.07, 6.45) is 1.41. The van der Waals surface area contributed by atoms with Crippen molar-refractivity contribution < 1.29 is 4.74 Å². The fraction of sp³-hybridized carbons (Fsp3) is 0.111. The number of nitrogens with zero attached hydrogens (tertiary/aromatic N) is 2. The van der Waals surface area contributed by atoms with Crippen LogP contribution in [-0.4, -0.2) is 17.1 Å². The number of fused-ring (bicyclic) bond motifs is 1. The van der Waals surface area contributed by atoms with E-state index in [4.69, 9.17) is 16.2 Å². The van der Waals surface area contributed by atoms with E-state index in [9.17, 15) is 0 Å². The lowest BCUT2D eigenvalue weighted by molar-refractivity contribution is 0.417. The standard InChI is InChI=1S/C9H10N4O/c1-14-8-2-5-7(3-6(8)10)12-4-13-9(5)11/h2-4H,10H2,1H3,(H2,11,12,13). The molecule has 4 N–H and O–H groups in total. The second-order valence-corrected chi connectivity index (χ2v) is 2.87. The van der Waals surface area contributed by atoms with Crippen molar-refractivity contribution in [3.8, 4) is 5.75 Å². The molecule has 0 spiro atoms. The van der Waals surface area contributed by atoms with Crippen LogP contribution in [-0.2, 0) is 0 Å². The Morgan fingerprint density at radius 3 is 2.71 bits per heavy atom. The van der Waals surface area contributed by atoms with E-state index in [0.717, 1.165) is 10.9 Å². The zero-order valence-electron chi connectivity index (χ0n) is 7.69. The first-order valence-corrected chi connectivity index (χ1v) is 4.06. The second-order valence-electron chi connectivity index (χ2n) is 2.87. The maximum absolute atomic E-state index is 5.72. The van der Waals surface area contributed by atoms with Crippen molar-refractivity contribution >= 4 is 22.4 Å². The maximum Gasteiger partial charge on any atom is 0.142 e. The Balaban J connectivity index is 2.80. The van der Waals surface area contributed by atoms with Gasteiger partial charge in [0.2, 0.25) is 0 Å². The van der Waals surface area contributed by atoms with Crippen LogP contribution in [0, 0.1) is 0 Å². The van der Waals surface area contributed by atoms with Gasteiger partial charge in [-0.25, -0.2) is 9.97 Å². The van der Waals surface area contributed by atoms with Gasteiger partial charge >= 0.3 is 0 Å². The van der Waals surface area contributed by atoms with Crippen LogP contribution in [0.4, 0.5) is 11.5 Å². The van der Waals surface area contributed by atoms with Gasteiger partial charge in [0.05, 0.1) is 18.3 Å². The van der Waals surface area contributed by atoms with Crippen molar-refractivity contribution in [1.29, 1.82) is 0 Å². The van der Waals surface area contributed by atoms with Gasteiger partial charge in [0, 0.05) is 5.39 Å². The van der Waals surface area contributed by atoms with Gasteiger partial charge in [-0.1, -0.05) is 0 Å². The molecule has 14 heavy (non-hydrogen) atoms. The van der Waals surface area contributed by atoms with E-state index >= 15 is 0 Å². The van der Waals surface area contributed by atoms with Crippen molar-refractivity contribution in [2.24, 2.45) is 0 Å². The van der Waals surface area contributed by atoms with Gasteiger partial charge in [-0.05, 0) is 12.1 Å². The van der Waals surface area contributed by atoms with E-state index in [1.165, 1.54) is 6.33 Å².